The molecule has 0 spiro atoms. The van der Waals surface area contributed by atoms with Crippen molar-refractivity contribution in [2.45, 2.75) is 26.9 Å². The molecule has 0 unspecified atom stereocenters. The van der Waals surface area contributed by atoms with Crippen LogP contribution in [0.2, 0.25) is 0 Å². The third kappa shape index (κ3) is 1.88. The standard InChI is InChI=1S/C11H13N3O2/c1-7(2)16-11(15)14-10-5-4-8(3)6-9(10)12-13-14/h4-7H,1-3H3. The van der Waals surface area contributed by atoms with Gasteiger partial charge in [0.25, 0.3) is 0 Å². The van der Waals surface area contributed by atoms with Gasteiger partial charge < -0.3 is 4.74 Å². The fourth-order valence-electron chi connectivity index (χ4n) is 1.42. The van der Waals surface area contributed by atoms with Gasteiger partial charge in [-0.2, -0.15) is 0 Å². The number of fused-ring (bicyclic) bond motifs is 1. The number of hydrogen-bond donors (Lipinski definition) is 0. The number of aryl methyl sites for hydroxylation is 1. The molecule has 0 amide bonds. The molecule has 0 saturated carbocycles. The minimum atomic E-state index is -0.499. The molecular weight excluding hydrogens is 206 g/mol. The number of benzene rings is 1. The zero-order valence-corrected chi connectivity index (χ0v) is 9.47. The van der Waals surface area contributed by atoms with E-state index in [1.807, 2.05) is 25.1 Å². The maximum atomic E-state index is 11.7. The lowest BCUT2D eigenvalue weighted by Crippen LogP contribution is -2.19. The van der Waals surface area contributed by atoms with Crippen LogP contribution in [0.3, 0.4) is 0 Å². The molecule has 0 aliphatic rings. The van der Waals surface area contributed by atoms with E-state index in [-0.39, 0.29) is 6.10 Å². The van der Waals surface area contributed by atoms with Gasteiger partial charge in [-0.15, -0.1) is 9.78 Å². The van der Waals surface area contributed by atoms with E-state index in [1.165, 1.54) is 4.68 Å². The van der Waals surface area contributed by atoms with Crippen LogP contribution < -0.4 is 0 Å². The van der Waals surface area contributed by atoms with Gasteiger partial charge in [0.1, 0.15) is 11.0 Å². The first-order valence-corrected chi connectivity index (χ1v) is 5.11. The Hall–Kier alpha value is -1.91. The highest BCUT2D eigenvalue weighted by Crippen LogP contribution is 2.13. The molecule has 84 valence electrons. The largest absolute Gasteiger partial charge is 0.445 e. The first kappa shape index (κ1) is 10.6. The molecule has 2 aromatic rings. The third-order valence-corrected chi connectivity index (χ3v) is 2.11. The van der Waals surface area contributed by atoms with Gasteiger partial charge in [0.15, 0.2) is 0 Å². The Morgan fingerprint density at radius 3 is 2.88 bits per heavy atom. The van der Waals surface area contributed by atoms with Gasteiger partial charge in [-0.25, -0.2) is 4.79 Å². The molecule has 0 N–H and O–H groups in total. The van der Waals surface area contributed by atoms with Gasteiger partial charge in [0.05, 0.1) is 6.10 Å². The second kappa shape index (κ2) is 3.92. The smallest absolute Gasteiger partial charge is 0.436 e. The van der Waals surface area contributed by atoms with Crippen LogP contribution in [0.25, 0.3) is 11.0 Å². The number of rotatable bonds is 1. The summed E-state index contributed by atoms with van der Waals surface area (Å²) < 4.78 is 6.23. The van der Waals surface area contributed by atoms with Crippen LogP contribution in [0.4, 0.5) is 4.79 Å². The van der Waals surface area contributed by atoms with Crippen molar-refractivity contribution >= 4 is 17.1 Å². The summed E-state index contributed by atoms with van der Waals surface area (Å²) >= 11 is 0. The molecule has 1 heterocycles. The molecule has 0 saturated heterocycles. The zero-order valence-electron chi connectivity index (χ0n) is 9.47. The maximum absolute atomic E-state index is 11.7. The first-order chi connectivity index (χ1) is 7.58. The first-order valence-electron chi connectivity index (χ1n) is 5.11. The highest BCUT2D eigenvalue weighted by atomic mass is 16.6. The quantitative estimate of drug-likeness (QED) is 0.737. The Labute approximate surface area is 93.0 Å². The van der Waals surface area contributed by atoms with E-state index in [1.54, 1.807) is 13.8 Å². The van der Waals surface area contributed by atoms with Crippen LogP contribution in [-0.2, 0) is 4.74 Å². The number of ether oxygens (including phenoxy) is 1. The Balaban J connectivity index is 2.42. The summed E-state index contributed by atoms with van der Waals surface area (Å²) in [6, 6.07) is 5.60. The van der Waals surface area contributed by atoms with E-state index in [4.69, 9.17) is 4.74 Å². The number of carbonyl (C=O) groups excluding carboxylic acids is 1. The van der Waals surface area contributed by atoms with Crippen molar-refractivity contribution in [3.05, 3.63) is 23.8 Å². The predicted molar refractivity (Wildman–Crippen MR) is 59.3 cm³/mol. The van der Waals surface area contributed by atoms with Crippen LogP contribution in [0.5, 0.6) is 0 Å². The van der Waals surface area contributed by atoms with Crippen LogP contribution in [0, 0.1) is 6.92 Å². The number of nitrogens with zero attached hydrogens (tertiary/aromatic N) is 3. The molecule has 5 heteroatoms. The van der Waals surface area contributed by atoms with Gasteiger partial charge in [0.2, 0.25) is 0 Å². The van der Waals surface area contributed by atoms with Crippen molar-refractivity contribution in [1.82, 2.24) is 15.0 Å². The predicted octanol–water partition coefficient (Wildman–Crippen LogP) is 2.13. The fourth-order valence-corrected chi connectivity index (χ4v) is 1.42. The van der Waals surface area contributed by atoms with E-state index < -0.39 is 6.09 Å². The summed E-state index contributed by atoms with van der Waals surface area (Å²) in [5.41, 5.74) is 2.44. The Kier molecular flexibility index (Phi) is 2.60. The molecular formula is C11H13N3O2. The SMILES string of the molecule is Cc1ccc2c(c1)nnn2C(=O)OC(C)C. The fraction of sp³-hybridized carbons (Fsp3) is 0.364. The van der Waals surface area contributed by atoms with E-state index in [2.05, 4.69) is 10.3 Å². The van der Waals surface area contributed by atoms with E-state index in [0.717, 1.165) is 5.56 Å². The highest BCUT2D eigenvalue weighted by Gasteiger charge is 2.14. The second-order valence-electron chi connectivity index (χ2n) is 3.93. The lowest BCUT2D eigenvalue weighted by atomic mass is 10.2. The minimum Gasteiger partial charge on any atom is -0.445 e. The van der Waals surface area contributed by atoms with Crippen molar-refractivity contribution in [3.63, 3.8) is 0 Å². The van der Waals surface area contributed by atoms with Crippen LogP contribution in [0.15, 0.2) is 18.2 Å². The molecule has 1 aromatic carbocycles. The average molecular weight is 219 g/mol. The lowest BCUT2D eigenvalue weighted by molar-refractivity contribution is 0.114. The number of aromatic nitrogens is 3. The van der Waals surface area contributed by atoms with E-state index in [9.17, 15) is 4.79 Å². The van der Waals surface area contributed by atoms with E-state index in [0.29, 0.717) is 11.0 Å². The van der Waals surface area contributed by atoms with Gasteiger partial charge >= 0.3 is 6.09 Å². The Bertz CT molecular complexity index is 531. The average Bonchev–Trinajstić information content (AvgIpc) is 2.59. The number of carbonyl (C=O) groups is 1. The molecule has 16 heavy (non-hydrogen) atoms. The molecule has 0 aliphatic heterocycles. The Morgan fingerprint density at radius 1 is 1.44 bits per heavy atom. The Morgan fingerprint density at radius 2 is 2.19 bits per heavy atom. The molecule has 0 atom stereocenters. The summed E-state index contributed by atoms with van der Waals surface area (Å²) in [6.45, 7) is 5.55. The highest BCUT2D eigenvalue weighted by molar-refractivity contribution is 5.85. The zero-order chi connectivity index (χ0) is 11.7. The van der Waals surface area contributed by atoms with Gasteiger partial charge in [-0.1, -0.05) is 11.3 Å². The van der Waals surface area contributed by atoms with Crippen molar-refractivity contribution < 1.29 is 9.53 Å². The van der Waals surface area contributed by atoms with Crippen molar-refractivity contribution in [2.75, 3.05) is 0 Å². The summed E-state index contributed by atoms with van der Waals surface area (Å²) in [7, 11) is 0. The van der Waals surface area contributed by atoms with Gasteiger partial charge in [-0.05, 0) is 38.5 Å². The molecule has 0 fully saturated rings. The minimum absolute atomic E-state index is 0.169. The molecule has 5 nitrogen and oxygen atoms in total. The van der Waals surface area contributed by atoms with Gasteiger partial charge in [0, 0.05) is 0 Å². The lowest BCUT2D eigenvalue weighted by Gasteiger charge is -2.06. The summed E-state index contributed by atoms with van der Waals surface area (Å²) in [4.78, 5) is 11.7. The van der Waals surface area contributed by atoms with E-state index >= 15 is 0 Å². The second-order valence-corrected chi connectivity index (χ2v) is 3.93. The normalized spacial score (nSPS) is 11.0. The van der Waals surface area contributed by atoms with Crippen molar-refractivity contribution in [1.29, 1.82) is 0 Å². The maximum Gasteiger partial charge on any atom is 0.436 e. The monoisotopic (exact) mass is 219 g/mol. The van der Waals surface area contributed by atoms with Crippen molar-refractivity contribution in [2.24, 2.45) is 0 Å². The summed E-state index contributed by atoms with van der Waals surface area (Å²) in [5.74, 6) is 0. The van der Waals surface area contributed by atoms with Gasteiger partial charge in [-0.3, -0.25) is 0 Å². The summed E-state index contributed by atoms with van der Waals surface area (Å²) in [6.07, 6.45) is -0.668. The van der Waals surface area contributed by atoms with Crippen molar-refractivity contribution in [3.8, 4) is 0 Å². The third-order valence-electron chi connectivity index (χ3n) is 2.11. The van der Waals surface area contributed by atoms with Crippen LogP contribution in [-0.4, -0.2) is 27.2 Å². The molecule has 0 bridgehead atoms. The molecule has 1 aromatic heterocycles. The topological polar surface area (TPSA) is 57.0 Å². The summed E-state index contributed by atoms with van der Waals surface area (Å²) in [5, 5.41) is 7.70. The molecule has 0 aliphatic carbocycles. The molecule has 2 rings (SSSR count). The van der Waals surface area contributed by atoms with Crippen LogP contribution >= 0.6 is 0 Å². The number of hydrogen-bond acceptors (Lipinski definition) is 4. The molecule has 0 radical (unpaired) electrons. The van der Waals surface area contributed by atoms with Crippen LogP contribution in [0.1, 0.15) is 19.4 Å².